The van der Waals surface area contributed by atoms with Crippen molar-refractivity contribution in [1.82, 2.24) is 25.1 Å². The van der Waals surface area contributed by atoms with Crippen LogP contribution in [0.4, 0.5) is 15.9 Å². The Labute approximate surface area is 201 Å². The number of aromatic nitrogens is 4. The fourth-order valence-electron chi connectivity index (χ4n) is 4.19. The fraction of sp³-hybridized carbons (Fsp3) is 0.250. The Morgan fingerprint density at radius 1 is 1.00 bits per heavy atom. The van der Waals surface area contributed by atoms with Gasteiger partial charge in [0.25, 0.3) is 5.91 Å². The predicted octanol–water partition coefficient (Wildman–Crippen LogP) is 3.38. The van der Waals surface area contributed by atoms with E-state index in [0.717, 1.165) is 37.4 Å². The summed E-state index contributed by atoms with van der Waals surface area (Å²) in [5, 5.41) is 8.08. The molecule has 0 unspecified atom stereocenters. The van der Waals surface area contributed by atoms with Crippen molar-refractivity contribution in [2.24, 2.45) is 0 Å². The van der Waals surface area contributed by atoms with Crippen LogP contribution >= 0.6 is 11.6 Å². The molecule has 1 aliphatic rings. The molecule has 0 aliphatic carbocycles. The summed E-state index contributed by atoms with van der Waals surface area (Å²) in [4.78, 5) is 25.9. The third-order valence-electron chi connectivity index (χ3n) is 5.91. The minimum absolute atomic E-state index is 0.0757. The second kappa shape index (κ2) is 9.64. The van der Waals surface area contributed by atoms with Crippen LogP contribution in [0.2, 0.25) is 5.02 Å². The molecular formula is C24H23ClFN7O. The third-order valence-corrected chi connectivity index (χ3v) is 6.23. The normalized spacial score (nSPS) is 13.9. The number of piperazine rings is 1. The van der Waals surface area contributed by atoms with Gasteiger partial charge in [0.05, 0.1) is 28.7 Å². The average molecular weight is 480 g/mol. The lowest BCUT2D eigenvalue weighted by molar-refractivity contribution is 0.0948. The Bertz CT molecular complexity index is 1290. The second-order valence-corrected chi connectivity index (χ2v) is 8.37. The minimum Gasteiger partial charge on any atom is -0.368 e. The molecule has 0 spiro atoms. The van der Waals surface area contributed by atoms with Crippen LogP contribution in [-0.4, -0.2) is 58.4 Å². The summed E-state index contributed by atoms with van der Waals surface area (Å²) >= 11 is 5.97. The average Bonchev–Trinajstić information content (AvgIpc) is 3.28. The van der Waals surface area contributed by atoms with Crippen molar-refractivity contribution in [1.29, 1.82) is 0 Å². The minimum atomic E-state index is -0.653. The number of hydrogen-bond donors (Lipinski definition) is 1. The molecule has 1 saturated heterocycles. The number of amides is 1. The van der Waals surface area contributed by atoms with Crippen molar-refractivity contribution in [2.45, 2.75) is 6.54 Å². The molecule has 3 heterocycles. The van der Waals surface area contributed by atoms with Crippen LogP contribution in [-0.2, 0) is 6.54 Å². The lowest BCUT2D eigenvalue weighted by Gasteiger charge is -2.36. The highest BCUT2D eigenvalue weighted by Gasteiger charge is 2.22. The van der Waals surface area contributed by atoms with E-state index in [1.807, 2.05) is 6.07 Å². The molecule has 0 saturated carbocycles. The van der Waals surface area contributed by atoms with E-state index >= 15 is 0 Å². The summed E-state index contributed by atoms with van der Waals surface area (Å²) in [7, 11) is 0. The largest absolute Gasteiger partial charge is 0.368 e. The number of rotatable bonds is 6. The summed E-state index contributed by atoms with van der Waals surface area (Å²) < 4.78 is 15.7. The van der Waals surface area contributed by atoms with Crippen molar-refractivity contribution in [3.8, 4) is 0 Å². The fourth-order valence-corrected chi connectivity index (χ4v) is 4.44. The molecule has 174 valence electrons. The highest BCUT2D eigenvalue weighted by atomic mass is 35.5. The van der Waals surface area contributed by atoms with Crippen molar-refractivity contribution in [3.05, 3.63) is 77.5 Å². The zero-order valence-electron chi connectivity index (χ0n) is 18.4. The zero-order valence-corrected chi connectivity index (χ0v) is 19.1. The van der Waals surface area contributed by atoms with Crippen molar-refractivity contribution in [3.63, 3.8) is 0 Å². The van der Waals surface area contributed by atoms with Crippen LogP contribution in [0.5, 0.6) is 0 Å². The van der Waals surface area contributed by atoms with Crippen LogP contribution in [0.1, 0.15) is 10.4 Å². The summed E-state index contributed by atoms with van der Waals surface area (Å²) in [6.45, 7) is 4.09. The number of carbonyl (C=O) groups excluding carboxylic acids is 1. The first-order valence-corrected chi connectivity index (χ1v) is 11.4. The standard InChI is InChI=1S/C24H23ClFN7O/c25-19-7-4-8-20(26)21(19)24(34)27-9-10-33-23-18(15-30-33)22(28-16-29-23)32-13-11-31(12-14-32)17-5-2-1-3-6-17/h1-8,15-16H,9-14H2,(H,27,34). The number of hydrogen-bond acceptors (Lipinski definition) is 6. The topological polar surface area (TPSA) is 79.2 Å². The maximum absolute atomic E-state index is 14.0. The molecule has 1 aliphatic heterocycles. The number of halogens is 2. The Kier molecular flexibility index (Phi) is 6.27. The molecule has 1 N–H and O–H groups in total. The van der Waals surface area contributed by atoms with Crippen LogP contribution in [0, 0.1) is 5.82 Å². The molecule has 10 heteroatoms. The summed E-state index contributed by atoms with van der Waals surface area (Å²) in [6, 6.07) is 14.5. The molecule has 0 atom stereocenters. The van der Waals surface area contributed by atoms with Gasteiger partial charge in [-0.15, -0.1) is 0 Å². The van der Waals surface area contributed by atoms with Crippen LogP contribution in [0.15, 0.2) is 61.1 Å². The maximum atomic E-state index is 14.0. The molecule has 2 aromatic carbocycles. The van der Waals surface area contributed by atoms with Gasteiger partial charge in [0.15, 0.2) is 5.65 Å². The van der Waals surface area contributed by atoms with E-state index in [4.69, 9.17) is 11.6 Å². The van der Waals surface area contributed by atoms with Gasteiger partial charge in [-0.2, -0.15) is 5.10 Å². The van der Waals surface area contributed by atoms with Crippen molar-refractivity contribution >= 4 is 40.0 Å². The molecule has 1 fully saturated rings. The number of nitrogens with zero attached hydrogens (tertiary/aromatic N) is 6. The Hall–Kier alpha value is -3.72. The van der Waals surface area contributed by atoms with Crippen LogP contribution in [0.3, 0.4) is 0 Å². The van der Waals surface area contributed by atoms with Crippen LogP contribution < -0.4 is 15.1 Å². The van der Waals surface area contributed by atoms with E-state index < -0.39 is 11.7 Å². The third kappa shape index (κ3) is 4.38. The van der Waals surface area contributed by atoms with E-state index in [1.54, 1.807) is 10.9 Å². The molecule has 2 aromatic heterocycles. The molecule has 34 heavy (non-hydrogen) atoms. The Balaban J connectivity index is 1.25. The molecule has 0 radical (unpaired) electrons. The van der Waals surface area contributed by atoms with Gasteiger partial charge in [-0.05, 0) is 24.3 Å². The molecule has 8 nitrogen and oxygen atoms in total. The number of fused-ring (bicyclic) bond motifs is 1. The monoisotopic (exact) mass is 479 g/mol. The smallest absolute Gasteiger partial charge is 0.255 e. The molecule has 0 bridgehead atoms. The van der Waals surface area contributed by atoms with Gasteiger partial charge in [-0.1, -0.05) is 35.9 Å². The van der Waals surface area contributed by atoms with E-state index in [1.165, 1.54) is 30.2 Å². The van der Waals surface area contributed by atoms with E-state index in [0.29, 0.717) is 12.2 Å². The first-order chi connectivity index (χ1) is 16.6. The van der Waals surface area contributed by atoms with Crippen molar-refractivity contribution < 1.29 is 9.18 Å². The van der Waals surface area contributed by atoms with Gasteiger partial charge < -0.3 is 15.1 Å². The van der Waals surface area contributed by atoms with E-state index in [2.05, 4.69) is 54.4 Å². The highest BCUT2D eigenvalue weighted by molar-refractivity contribution is 6.33. The van der Waals surface area contributed by atoms with Gasteiger partial charge >= 0.3 is 0 Å². The summed E-state index contributed by atoms with van der Waals surface area (Å²) in [5.74, 6) is -0.364. The van der Waals surface area contributed by atoms with E-state index in [9.17, 15) is 9.18 Å². The first kappa shape index (κ1) is 22.1. The van der Waals surface area contributed by atoms with Gasteiger partial charge in [-0.3, -0.25) is 4.79 Å². The number of benzene rings is 2. The van der Waals surface area contributed by atoms with Gasteiger partial charge in [0.1, 0.15) is 18.0 Å². The predicted molar refractivity (Wildman–Crippen MR) is 130 cm³/mol. The lowest BCUT2D eigenvalue weighted by atomic mass is 10.2. The SMILES string of the molecule is O=C(NCCn1ncc2c(N3CCN(c4ccccc4)CC3)ncnc21)c1c(F)cccc1Cl. The van der Waals surface area contributed by atoms with E-state index in [-0.39, 0.29) is 17.1 Å². The molecule has 1 amide bonds. The van der Waals surface area contributed by atoms with Gasteiger partial charge in [0, 0.05) is 38.4 Å². The molecule has 5 rings (SSSR count). The Morgan fingerprint density at radius 3 is 2.53 bits per heavy atom. The lowest BCUT2D eigenvalue weighted by Crippen LogP contribution is -2.46. The summed E-state index contributed by atoms with van der Waals surface area (Å²) in [5.41, 5.74) is 1.75. The molecule has 4 aromatic rings. The van der Waals surface area contributed by atoms with Crippen molar-refractivity contribution in [2.75, 3.05) is 42.5 Å². The quantitative estimate of drug-likeness (QED) is 0.457. The molecular weight excluding hydrogens is 457 g/mol. The number of para-hydroxylation sites is 1. The Morgan fingerprint density at radius 2 is 1.76 bits per heavy atom. The summed E-state index contributed by atoms with van der Waals surface area (Å²) in [6.07, 6.45) is 3.29. The number of carbonyl (C=O) groups is 1. The van der Waals surface area contributed by atoms with Crippen LogP contribution in [0.25, 0.3) is 11.0 Å². The highest BCUT2D eigenvalue weighted by Crippen LogP contribution is 2.25. The van der Waals surface area contributed by atoms with Gasteiger partial charge in [-0.25, -0.2) is 19.0 Å². The second-order valence-electron chi connectivity index (χ2n) is 7.96. The zero-order chi connectivity index (χ0) is 23.5. The maximum Gasteiger partial charge on any atom is 0.255 e. The number of anilines is 2. The number of nitrogens with one attached hydrogen (secondary N) is 1. The first-order valence-electron chi connectivity index (χ1n) is 11.1. The van der Waals surface area contributed by atoms with Gasteiger partial charge in [0.2, 0.25) is 0 Å².